The SMILES string of the molecule is CN(C1CCCC1)S(=O)(=O)c1cc(CO)cs1. The van der Waals surface area contributed by atoms with E-state index in [1.807, 2.05) is 0 Å². The fourth-order valence-corrected chi connectivity index (χ4v) is 4.98. The maximum Gasteiger partial charge on any atom is 0.252 e. The summed E-state index contributed by atoms with van der Waals surface area (Å²) in [6.07, 6.45) is 4.12. The third kappa shape index (κ3) is 2.54. The number of hydrogen-bond acceptors (Lipinski definition) is 4. The van der Waals surface area contributed by atoms with Gasteiger partial charge in [-0.1, -0.05) is 12.8 Å². The molecule has 0 spiro atoms. The van der Waals surface area contributed by atoms with Crippen LogP contribution in [0.5, 0.6) is 0 Å². The van der Waals surface area contributed by atoms with Gasteiger partial charge in [0.15, 0.2) is 0 Å². The highest BCUT2D eigenvalue weighted by Crippen LogP contribution is 2.29. The van der Waals surface area contributed by atoms with Crippen LogP contribution >= 0.6 is 11.3 Å². The van der Waals surface area contributed by atoms with Crippen molar-refractivity contribution in [1.82, 2.24) is 4.31 Å². The van der Waals surface area contributed by atoms with Gasteiger partial charge in [-0.3, -0.25) is 0 Å². The average Bonchev–Trinajstić information content (AvgIpc) is 2.98. The number of aliphatic hydroxyl groups is 1. The number of aliphatic hydroxyl groups excluding tert-OH is 1. The van der Waals surface area contributed by atoms with Gasteiger partial charge < -0.3 is 5.11 Å². The molecule has 1 N–H and O–H groups in total. The quantitative estimate of drug-likeness (QED) is 0.911. The van der Waals surface area contributed by atoms with Gasteiger partial charge in [0, 0.05) is 13.1 Å². The van der Waals surface area contributed by atoms with E-state index in [1.165, 1.54) is 15.6 Å². The second-order valence-electron chi connectivity index (χ2n) is 4.39. The van der Waals surface area contributed by atoms with Crippen LogP contribution in [0.4, 0.5) is 0 Å². The summed E-state index contributed by atoms with van der Waals surface area (Å²) >= 11 is 1.18. The summed E-state index contributed by atoms with van der Waals surface area (Å²) < 4.78 is 26.4. The molecule has 0 unspecified atom stereocenters. The van der Waals surface area contributed by atoms with Crippen LogP contribution in [0.3, 0.4) is 0 Å². The van der Waals surface area contributed by atoms with Crippen molar-refractivity contribution in [1.29, 1.82) is 0 Å². The van der Waals surface area contributed by atoms with Gasteiger partial charge >= 0.3 is 0 Å². The Labute approximate surface area is 106 Å². The molecule has 17 heavy (non-hydrogen) atoms. The second-order valence-corrected chi connectivity index (χ2v) is 7.53. The maximum absolute atomic E-state index is 12.3. The van der Waals surface area contributed by atoms with Gasteiger partial charge in [-0.05, 0) is 29.9 Å². The second kappa shape index (κ2) is 5.06. The van der Waals surface area contributed by atoms with Gasteiger partial charge in [0.1, 0.15) is 4.21 Å². The Morgan fingerprint density at radius 1 is 1.47 bits per heavy atom. The van der Waals surface area contributed by atoms with E-state index in [2.05, 4.69) is 0 Å². The van der Waals surface area contributed by atoms with Crippen molar-refractivity contribution in [2.75, 3.05) is 7.05 Å². The van der Waals surface area contributed by atoms with Crippen LogP contribution in [0.15, 0.2) is 15.7 Å². The number of sulfonamides is 1. The van der Waals surface area contributed by atoms with E-state index in [4.69, 9.17) is 5.11 Å². The van der Waals surface area contributed by atoms with Gasteiger partial charge in [0.2, 0.25) is 0 Å². The predicted octanol–water partition coefficient (Wildman–Crippen LogP) is 1.80. The number of rotatable bonds is 4. The Kier molecular flexibility index (Phi) is 3.87. The maximum atomic E-state index is 12.3. The molecule has 1 aromatic rings. The molecule has 0 aliphatic heterocycles. The Balaban J connectivity index is 2.22. The van der Waals surface area contributed by atoms with E-state index in [9.17, 15) is 8.42 Å². The smallest absolute Gasteiger partial charge is 0.252 e. The predicted molar refractivity (Wildman–Crippen MR) is 67.4 cm³/mol. The summed E-state index contributed by atoms with van der Waals surface area (Å²) in [6.45, 7) is -0.112. The first kappa shape index (κ1) is 13.0. The molecule has 1 saturated carbocycles. The zero-order valence-electron chi connectivity index (χ0n) is 9.80. The Morgan fingerprint density at radius 3 is 2.65 bits per heavy atom. The lowest BCUT2D eigenvalue weighted by Gasteiger charge is -2.22. The summed E-state index contributed by atoms with van der Waals surface area (Å²) in [6, 6.07) is 1.70. The van der Waals surface area contributed by atoms with Crippen molar-refractivity contribution in [3.63, 3.8) is 0 Å². The largest absolute Gasteiger partial charge is 0.392 e. The lowest BCUT2D eigenvalue weighted by molar-refractivity contribution is 0.282. The summed E-state index contributed by atoms with van der Waals surface area (Å²) in [5, 5.41) is 10.7. The van der Waals surface area contributed by atoms with Gasteiger partial charge in [0.05, 0.1) is 6.61 Å². The van der Waals surface area contributed by atoms with Crippen LogP contribution < -0.4 is 0 Å². The van der Waals surface area contributed by atoms with Crippen LogP contribution in [0.2, 0.25) is 0 Å². The highest BCUT2D eigenvalue weighted by atomic mass is 32.2. The van der Waals surface area contributed by atoms with Gasteiger partial charge in [-0.25, -0.2) is 8.42 Å². The lowest BCUT2D eigenvalue weighted by atomic mass is 10.3. The lowest BCUT2D eigenvalue weighted by Crippen LogP contribution is -2.34. The number of thiophene rings is 1. The first-order valence-corrected chi connectivity index (χ1v) is 8.04. The molecule has 1 aliphatic rings. The van der Waals surface area contributed by atoms with Crippen molar-refractivity contribution < 1.29 is 13.5 Å². The summed E-state index contributed by atoms with van der Waals surface area (Å²) in [5.41, 5.74) is 0.661. The molecular formula is C11H17NO3S2. The highest BCUT2D eigenvalue weighted by molar-refractivity contribution is 7.91. The van der Waals surface area contributed by atoms with E-state index >= 15 is 0 Å². The normalized spacial score (nSPS) is 18.1. The Morgan fingerprint density at radius 2 is 2.12 bits per heavy atom. The third-order valence-corrected chi connectivity index (χ3v) is 6.66. The van der Waals surface area contributed by atoms with Crippen molar-refractivity contribution >= 4 is 21.4 Å². The van der Waals surface area contributed by atoms with Gasteiger partial charge in [0.25, 0.3) is 10.0 Å². The minimum Gasteiger partial charge on any atom is -0.392 e. The summed E-state index contributed by atoms with van der Waals surface area (Å²) in [7, 11) is -1.71. The number of hydrogen-bond donors (Lipinski definition) is 1. The van der Waals surface area contributed by atoms with Crippen LogP contribution in [0, 0.1) is 0 Å². The molecule has 4 nitrogen and oxygen atoms in total. The third-order valence-electron chi connectivity index (χ3n) is 3.28. The van der Waals surface area contributed by atoms with Crippen LogP contribution in [0.1, 0.15) is 31.2 Å². The molecule has 1 aliphatic carbocycles. The fourth-order valence-electron chi connectivity index (χ4n) is 2.18. The summed E-state index contributed by atoms with van der Waals surface area (Å²) in [4.78, 5) is 0. The Hall–Kier alpha value is -0.430. The molecule has 1 fully saturated rings. The molecule has 2 rings (SSSR count). The highest BCUT2D eigenvalue weighted by Gasteiger charge is 2.30. The van der Waals surface area contributed by atoms with Crippen LogP contribution in [-0.4, -0.2) is 30.9 Å². The molecule has 0 atom stereocenters. The van der Waals surface area contributed by atoms with E-state index in [-0.39, 0.29) is 12.6 Å². The van der Waals surface area contributed by atoms with Crippen molar-refractivity contribution in [2.24, 2.45) is 0 Å². The minimum absolute atomic E-state index is 0.112. The van der Waals surface area contributed by atoms with Crippen molar-refractivity contribution in [2.45, 2.75) is 42.5 Å². The molecule has 0 bridgehead atoms. The fraction of sp³-hybridized carbons (Fsp3) is 0.636. The monoisotopic (exact) mass is 275 g/mol. The molecule has 96 valence electrons. The standard InChI is InChI=1S/C11H17NO3S2/c1-12(10-4-2-3-5-10)17(14,15)11-6-9(7-13)8-16-11/h6,8,10,13H,2-5,7H2,1H3. The average molecular weight is 275 g/mol. The molecular weight excluding hydrogens is 258 g/mol. The van der Waals surface area contributed by atoms with E-state index in [0.29, 0.717) is 9.77 Å². The molecule has 0 amide bonds. The molecule has 0 radical (unpaired) electrons. The first-order valence-electron chi connectivity index (χ1n) is 5.72. The van der Waals surface area contributed by atoms with Crippen molar-refractivity contribution in [3.05, 3.63) is 17.0 Å². The van der Waals surface area contributed by atoms with Crippen LogP contribution in [0.25, 0.3) is 0 Å². The molecule has 0 saturated heterocycles. The minimum atomic E-state index is -3.37. The topological polar surface area (TPSA) is 57.6 Å². The molecule has 0 aromatic carbocycles. The van der Waals surface area contributed by atoms with Crippen LogP contribution in [-0.2, 0) is 16.6 Å². The van der Waals surface area contributed by atoms with E-state index in [0.717, 1.165) is 25.7 Å². The molecule has 6 heteroatoms. The Bertz CT molecular complexity index is 475. The van der Waals surface area contributed by atoms with Gasteiger partial charge in [-0.2, -0.15) is 4.31 Å². The zero-order chi connectivity index (χ0) is 12.5. The zero-order valence-corrected chi connectivity index (χ0v) is 11.4. The van der Waals surface area contributed by atoms with E-state index < -0.39 is 10.0 Å². The van der Waals surface area contributed by atoms with Gasteiger partial charge in [-0.15, -0.1) is 11.3 Å². The summed E-state index contributed by atoms with van der Waals surface area (Å²) in [5.74, 6) is 0. The molecule has 1 aromatic heterocycles. The van der Waals surface area contributed by atoms with Crippen molar-refractivity contribution in [3.8, 4) is 0 Å². The molecule has 1 heterocycles. The number of nitrogens with zero attached hydrogens (tertiary/aromatic N) is 1. The van der Waals surface area contributed by atoms with E-state index in [1.54, 1.807) is 18.5 Å². The first-order chi connectivity index (χ1) is 8.05.